The molecule has 0 bridgehead atoms. The molecule has 0 saturated carbocycles. The molecular formula is C14H20O3. The van der Waals surface area contributed by atoms with Gasteiger partial charge in [-0.2, -0.15) is 0 Å². The van der Waals surface area contributed by atoms with Crippen LogP contribution in [0.5, 0.6) is 5.75 Å². The van der Waals surface area contributed by atoms with Gasteiger partial charge in [0, 0.05) is 5.56 Å². The van der Waals surface area contributed by atoms with Gasteiger partial charge in [-0.05, 0) is 30.5 Å². The zero-order chi connectivity index (χ0) is 13.1. The molecule has 1 rings (SSSR count). The van der Waals surface area contributed by atoms with Crippen LogP contribution in [-0.4, -0.2) is 19.7 Å². The monoisotopic (exact) mass is 236 g/mol. The van der Waals surface area contributed by atoms with E-state index in [-0.39, 0.29) is 11.4 Å². The number of esters is 1. The lowest BCUT2D eigenvalue weighted by Crippen LogP contribution is -2.15. The summed E-state index contributed by atoms with van der Waals surface area (Å²) < 4.78 is 10.3. The van der Waals surface area contributed by atoms with E-state index in [2.05, 4.69) is 20.8 Å². The maximum atomic E-state index is 11.7. The topological polar surface area (TPSA) is 35.5 Å². The summed E-state index contributed by atoms with van der Waals surface area (Å²) in [4.78, 5) is 11.7. The fourth-order valence-corrected chi connectivity index (χ4v) is 1.64. The minimum atomic E-state index is -0.291. The molecule has 0 fully saturated rings. The van der Waals surface area contributed by atoms with Gasteiger partial charge in [-0.15, -0.1) is 0 Å². The molecule has 0 heterocycles. The van der Waals surface area contributed by atoms with Gasteiger partial charge in [-0.1, -0.05) is 20.8 Å². The van der Waals surface area contributed by atoms with Crippen molar-refractivity contribution in [3.05, 3.63) is 29.3 Å². The van der Waals surface area contributed by atoms with Crippen LogP contribution in [0, 0.1) is 0 Å². The van der Waals surface area contributed by atoms with E-state index >= 15 is 0 Å². The first-order valence-electron chi connectivity index (χ1n) is 5.75. The summed E-state index contributed by atoms with van der Waals surface area (Å²) in [6.07, 6.45) is 0. The molecule has 0 aromatic heterocycles. The molecular weight excluding hydrogens is 216 g/mol. The van der Waals surface area contributed by atoms with Crippen LogP contribution in [0.3, 0.4) is 0 Å². The lowest BCUT2D eigenvalue weighted by molar-refractivity contribution is 0.0526. The lowest BCUT2D eigenvalue weighted by atomic mass is 9.85. The minimum absolute atomic E-state index is 0.0755. The van der Waals surface area contributed by atoms with Gasteiger partial charge in [0.15, 0.2) is 0 Å². The van der Waals surface area contributed by atoms with Crippen molar-refractivity contribution in [2.24, 2.45) is 0 Å². The van der Waals surface area contributed by atoms with Crippen LogP contribution in [-0.2, 0) is 10.2 Å². The fraction of sp³-hybridized carbons (Fsp3) is 0.500. The van der Waals surface area contributed by atoms with Gasteiger partial charge in [-0.25, -0.2) is 4.79 Å². The Morgan fingerprint density at radius 2 is 1.94 bits per heavy atom. The summed E-state index contributed by atoms with van der Waals surface area (Å²) in [7, 11) is 1.63. The largest absolute Gasteiger partial charge is 0.496 e. The number of methoxy groups -OCH3 is 1. The van der Waals surface area contributed by atoms with Crippen LogP contribution >= 0.6 is 0 Å². The number of hydrogen-bond acceptors (Lipinski definition) is 3. The Morgan fingerprint density at radius 3 is 2.41 bits per heavy atom. The standard InChI is InChI=1S/C14H20O3/c1-6-17-13(15)10-7-8-12(16-5)11(9-10)14(2,3)4/h7-9H,6H2,1-5H3. The van der Waals surface area contributed by atoms with Crippen LogP contribution in [0.25, 0.3) is 0 Å². The second-order valence-electron chi connectivity index (χ2n) is 4.89. The normalized spacial score (nSPS) is 11.1. The van der Waals surface area contributed by atoms with Crippen molar-refractivity contribution in [2.75, 3.05) is 13.7 Å². The Labute approximate surface area is 103 Å². The molecule has 1 aromatic carbocycles. The summed E-state index contributed by atoms with van der Waals surface area (Å²) in [5, 5.41) is 0. The summed E-state index contributed by atoms with van der Waals surface area (Å²) in [6.45, 7) is 8.43. The average molecular weight is 236 g/mol. The third-order valence-corrected chi connectivity index (χ3v) is 2.52. The van der Waals surface area contributed by atoms with E-state index in [1.54, 1.807) is 20.1 Å². The molecule has 0 unspecified atom stereocenters. The van der Waals surface area contributed by atoms with Crippen LogP contribution < -0.4 is 4.74 Å². The van der Waals surface area contributed by atoms with Gasteiger partial charge >= 0.3 is 5.97 Å². The first-order valence-corrected chi connectivity index (χ1v) is 5.75. The Balaban J connectivity index is 3.18. The molecule has 0 radical (unpaired) electrons. The predicted octanol–water partition coefficient (Wildman–Crippen LogP) is 3.17. The molecule has 0 atom stereocenters. The van der Waals surface area contributed by atoms with Crippen LogP contribution in [0.2, 0.25) is 0 Å². The molecule has 94 valence electrons. The SMILES string of the molecule is CCOC(=O)c1ccc(OC)c(C(C)(C)C)c1. The van der Waals surface area contributed by atoms with Gasteiger partial charge in [-0.3, -0.25) is 0 Å². The van der Waals surface area contributed by atoms with Crippen molar-refractivity contribution in [2.45, 2.75) is 33.1 Å². The highest BCUT2D eigenvalue weighted by Crippen LogP contribution is 2.32. The molecule has 0 amide bonds. The predicted molar refractivity (Wildman–Crippen MR) is 67.7 cm³/mol. The molecule has 3 nitrogen and oxygen atoms in total. The minimum Gasteiger partial charge on any atom is -0.496 e. The fourth-order valence-electron chi connectivity index (χ4n) is 1.64. The first-order chi connectivity index (χ1) is 7.90. The zero-order valence-corrected chi connectivity index (χ0v) is 11.2. The van der Waals surface area contributed by atoms with E-state index in [0.717, 1.165) is 11.3 Å². The number of hydrogen-bond donors (Lipinski definition) is 0. The summed E-state index contributed by atoms with van der Waals surface area (Å²) in [5.41, 5.74) is 1.50. The molecule has 1 aromatic rings. The van der Waals surface area contributed by atoms with Crippen molar-refractivity contribution < 1.29 is 14.3 Å². The number of carbonyl (C=O) groups is 1. The molecule has 0 aliphatic heterocycles. The van der Waals surface area contributed by atoms with E-state index in [4.69, 9.17) is 9.47 Å². The molecule has 0 aliphatic rings. The quantitative estimate of drug-likeness (QED) is 0.756. The van der Waals surface area contributed by atoms with Crippen LogP contribution in [0.4, 0.5) is 0 Å². The van der Waals surface area contributed by atoms with Gasteiger partial charge in [0.25, 0.3) is 0 Å². The smallest absolute Gasteiger partial charge is 0.338 e. The van der Waals surface area contributed by atoms with Gasteiger partial charge in [0.05, 0.1) is 19.3 Å². The van der Waals surface area contributed by atoms with Crippen molar-refractivity contribution in [1.29, 1.82) is 0 Å². The molecule has 0 N–H and O–H groups in total. The van der Waals surface area contributed by atoms with Crippen molar-refractivity contribution in [1.82, 2.24) is 0 Å². The number of benzene rings is 1. The first kappa shape index (κ1) is 13.6. The highest BCUT2D eigenvalue weighted by atomic mass is 16.5. The molecule has 0 aliphatic carbocycles. The Bertz CT molecular complexity index is 402. The zero-order valence-electron chi connectivity index (χ0n) is 11.2. The molecule has 17 heavy (non-hydrogen) atoms. The lowest BCUT2D eigenvalue weighted by Gasteiger charge is -2.22. The highest BCUT2D eigenvalue weighted by Gasteiger charge is 2.21. The number of rotatable bonds is 3. The maximum absolute atomic E-state index is 11.7. The second kappa shape index (κ2) is 5.21. The van der Waals surface area contributed by atoms with Crippen LogP contribution in [0.1, 0.15) is 43.6 Å². The van der Waals surface area contributed by atoms with E-state index < -0.39 is 0 Å². The Kier molecular flexibility index (Phi) is 4.16. The van der Waals surface area contributed by atoms with Gasteiger partial charge in [0.1, 0.15) is 5.75 Å². The average Bonchev–Trinajstić information content (AvgIpc) is 2.27. The number of ether oxygens (including phenoxy) is 2. The summed E-state index contributed by atoms with van der Waals surface area (Å²) in [5.74, 6) is 0.506. The molecule has 0 spiro atoms. The third-order valence-electron chi connectivity index (χ3n) is 2.52. The van der Waals surface area contributed by atoms with Gasteiger partial charge < -0.3 is 9.47 Å². The van der Waals surface area contributed by atoms with E-state index in [9.17, 15) is 4.79 Å². The van der Waals surface area contributed by atoms with Crippen molar-refractivity contribution >= 4 is 5.97 Å². The second-order valence-corrected chi connectivity index (χ2v) is 4.89. The van der Waals surface area contributed by atoms with E-state index in [1.807, 2.05) is 12.1 Å². The van der Waals surface area contributed by atoms with E-state index in [0.29, 0.717) is 12.2 Å². The third kappa shape index (κ3) is 3.22. The van der Waals surface area contributed by atoms with Crippen molar-refractivity contribution in [3.63, 3.8) is 0 Å². The summed E-state index contributed by atoms with van der Waals surface area (Å²) in [6, 6.07) is 5.38. The summed E-state index contributed by atoms with van der Waals surface area (Å²) >= 11 is 0. The van der Waals surface area contributed by atoms with Crippen molar-refractivity contribution in [3.8, 4) is 5.75 Å². The van der Waals surface area contributed by atoms with Gasteiger partial charge in [0.2, 0.25) is 0 Å². The highest BCUT2D eigenvalue weighted by molar-refractivity contribution is 5.90. The van der Waals surface area contributed by atoms with E-state index in [1.165, 1.54) is 0 Å². The number of carbonyl (C=O) groups excluding carboxylic acids is 1. The van der Waals surface area contributed by atoms with Crippen LogP contribution in [0.15, 0.2) is 18.2 Å². The molecule has 0 saturated heterocycles. The molecule has 3 heteroatoms. The Hall–Kier alpha value is -1.51. The maximum Gasteiger partial charge on any atom is 0.338 e. The Morgan fingerprint density at radius 1 is 1.29 bits per heavy atom.